The average Bonchev–Trinajstić information content (AvgIpc) is 2.30. The van der Waals surface area contributed by atoms with Crippen LogP contribution >= 0.6 is 0 Å². The molecule has 2 N–H and O–H groups in total. The Labute approximate surface area is 96.4 Å². The van der Waals surface area contributed by atoms with Crippen LogP contribution in [0.15, 0.2) is 12.1 Å². The molecule has 1 aromatic carbocycles. The van der Waals surface area contributed by atoms with E-state index in [-0.39, 0.29) is 18.5 Å². The average molecular weight is 247 g/mol. The Morgan fingerprint density at radius 3 is 2.41 bits per heavy atom. The lowest BCUT2D eigenvalue weighted by molar-refractivity contribution is -0.141. The molecule has 1 rings (SSSR count). The number of carbonyl (C=O) groups excluding carboxylic acids is 1. The minimum atomic E-state index is -1.28. The minimum Gasteiger partial charge on any atom is -0.469 e. The molecule has 3 nitrogen and oxygen atoms in total. The van der Waals surface area contributed by atoms with Crippen molar-refractivity contribution in [3.8, 4) is 0 Å². The number of carbonyl (C=O) groups is 1. The summed E-state index contributed by atoms with van der Waals surface area (Å²) < 4.78 is 43.5. The third-order valence-electron chi connectivity index (χ3n) is 2.40. The number of hydrogen-bond donors (Lipinski definition) is 1. The first kappa shape index (κ1) is 13.5. The van der Waals surface area contributed by atoms with Gasteiger partial charge in [-0.3, -0.25) is 4.79 Å². The predicted molar refractivity (Wildman–Crippen MR) is 54.7 cm³/mol. The second-order valence-electron chi connectivity index (χ2n) is 3.50. The van der Waals surface area contributed by atoms with Crippen molar-refractivity contribution >= 4 is 5.97 Å². The first-order chi connectivity index (χ1) is 7.99. The first-order valence-electron chi connectivity index (χ1n) is 4.91. The quantitative estimate of drug-likeness (QED) is 0.651. The zero-order valence-electron chi connectivity index (χ0n) is 9.17. The number of hydrogen-bond acceptors (Lipinski definition) is 3. The second-order valence-corrected chi connectivity index (χ2v) is 3.50. The molecule has 6 heteroatoms. The van der Waals surface area contributed by atoms with Crippen LogP contribution in [0.1, 0.15) is 17.9 Å². The van der Waals surface area contributed by atoms with Gasteiger partial charge in [0.1, 0.15) is 5.82 Å². The Kier molecular flexibility index (Phi) is 4.51. The standard InChI is InChI=1S/C11H12F3NO2/c1-17-11(16)2-6(5-15)7-3-9(13)10(14)4-8(7)12/h3-4,6H,2,5,15H2,1H3. The second kappa shape index (κ2) is 5.67. The number of methoxy groups -OCH3 is 1. The van der Waals surface area contributed by atoms with Crippen molar-refractivity contribution in [1.29, 1.82) is 0 Å². The third kappa shape index (κ3) is 3.20. The molecule has 0 radical (unpaired) electrons. The Bertz CT molecular complexity index is 423. The summed E-state index contributed by atoms with van der Waals surface area (Å²) in [5, 5.41) is 0. The van der Waals surface area contributed by atoms with Crippen molar-refractivity contribution < 1.29 is 22.7 Å². The molecule has 94 valence electrons. The maximum atomic E-state index is 13.4. The van der Waals surface area contributed by atoms with Gasteiger partial charge >= 0.3 is 5.97 Å². The smallest absolute Gasteiger partial charge is 0.306 e. The van der Waals surface area contributed by atoms with Gasteiger partial charge in [-0.25, -0.2) is 13.2 Å². The molecular weight excluding hydrogens is 235 g/mol. The lowest BCUT2D eigenvalue weighted by Gasteiger charge is -2.14. The molecule has 0 aliphatic carbocycles. The number of rotatable bonds is 4. The normalized spacial score (nSPS) is 12.3. The molecule has 17 heavy (non-hydrogen) atoms. The first-order valence-corrected chi connectivity index (χ1v) is 4.91. The van der Waals surface area contributed by atoms with Gasteiger partial charge in [0, 0.05) is 12.0 Å². The molecule has 0 spiro atoms. The van der Waals surface area contributed by atoms with Crippen LogP contribution in [-0.2, 0) is 9.53 Å². The van der Waals surface area contributed by atoms with E-state index in [1.54, 1.807) is 0 Å². The van der Waals surface area contributed by atoms with E-state index in [0.29, 0.717) is 12.1 Å². The summed E-state index contributed by atoms with van der Waals surface area (Å²) in [4.78, 5) is 11.0. The van der Waals surface area contributed by atoms with Crippen LogP contribution in [0.4, 0.5) is 13.2 Å². The molecule has 0 saturated heterocycles. The summed E-state index contributed by atoms with van der Waals surface area (Å²) in [7, 11) is 1.18. The fourth-order valence-corrected chi connectivity index (χ4v) is 1.46. The van der Waals surface area contributed by atoms with Crippen molar-refractivity contribution in [1.82, 2.24) is 0 Å². The summed E-state index contributed by atoms with van der Waals surface area (Å²) >= 11 is 0. The van der Waals surface area contributed by atoms with Crippen LogP contribution in [0.5, 0.6) is 0 Å². The summed E-state index contributed by atoms with van der Waals surface area (Å²) in [6.45, 7) is -0.0723. The molecule has 0 bridgehead atoms. The van der Waals surface area contributed by atoms with E-state index in [4.69, 9.17) is 5.73 Å². The van der Waals surface area contributed by atoms with Gasteiger partial charge in [0.25, 0.3) is 0 Å². The summed E-state index contributed by atoms with van der Waals surface area (Å²) in [6, 6.07) is 1.15. The number of nitrogens with two attached hydrogens (primary N) is 1. The Hall–Kier alpha value is -1.56. The van der Waals surface area contributed by atoms with Gasteiger partial charge in [-0.2, -0.15) is 0 Å². The van der Waals surface area contributed by atoms with E-state index in [2.05, 4.69) is 4.74 Å². The third-order valence-corrected chi connectivity index (χ3v) is 2.40. The number of halogens is 3. The van der Waals surface area contributed by atoms with Gasteiger partial charge in [0.05, 0.1) is 13.5 Å². The molecular formula is C11H12F3NO2. The monoisotopic (exact) mass is 247 g/mol. The van der Waals surface area contributed by atoms with Crippen LogP contribution < -0.4 is 5.73 Å². The van der Waals surface area contributed by atoms with Crippen molar-refractivity contribution in [2.75, 3.05) is 13.7 Å². The molecule has 0 aromatic heterocycles. The van der Waals surface area contributed by atoms with Crippen LogP contribution in [0.2, 0.25) is 0 Å². The van der Waals surface area contributed by atoms with Crippen molar-refractivity contribution in [3.05, 3.63) is 35.1 Å². The SMILES string of the molecule is COC(=O)CC(CN)c1cc(F)c(F)cc1F. The maximum absolute atomic E-state index is 13.4. The number of esters is 1. The highest BCUT2D eigenvalue weighted by molar-refractivity contribution is 5.70. The molecule has 0 aliphatic heterocycles. The lowest BCUT2D eigenvalue weighted by atomic mass is 9.95. The van der Waals surface area contributed by atoms with Gasteiger partial charge in [0.15, 0.2) is 11.6 Å². The van der Waals surface area contributed by atoms with Crippen LogP contribution in [-0.4, -0.2) is 19.6 Å². The minimum absolute atomic E-state index is 0.0723. The molecule has 1 aromatic rings. The van der Waals surface area contributed by atoms with Crippen LogP contribution in [0, 0.1) is 17.5 Å². The zero-order valence-corrected chi connectivity index (χ0v) is 9.17. The Balaban J connectivity index is 3.03. The molecule has 0 saturated carbocycles. The predicted octanol–water partition coefficient (Wildman–Crippen LogP) is 1.71. The van der Waals surface area contributed by atoms with Gasteiger partial charge in [-0.05, 0) is 18.2 Å². The lowest BCUT2D eigenvalue weighted by Crippen LogP contribution is -2.19. The molecule has 0 heterocycles. The van der Waals surface area contributed by atoms with E-state index in [0.717, 1.165) is 0 Å². The number of benzene rings is 1. The molecule has 0 aliphatic rings. The zero-order chi connectivity index (χ0) is 13.0. The highest BCUT2D eigenvalue weighted by Gasteiger charge is 2.20. The topological polar surface area (TPSA) is 52.3 Å². The Morgan fingerprint density at radius 1 is 1.29 bits per heavy atom. The summed E-state index contributed by atoms with van der Waals surface area (Å²) in [5.41, 5.74) is 5.25. The fraction of sp³-hybridized carbons (Fsp3) is 0.364. The molecule has 0 amide bonds. The summed E-state index contributed by atoms with van der Waals surface area (Å²) in [5.74, 6) is -4.71. The fourth-order valence-electron chi connectivity index (χ4n) is 1.46. The van der Waals surface area contributed by atoms with Crippen molar-refractivity contribution in [2.45, 2.75) is 12.3 Å². The molecule has 1 atom stereocenters. The highest BCUT2D eigenvalue weighted by Crippen LogP contribution is 2.24. The Morgan fingerprint density at radius 2 is 1.88 bits per heavy atom. The molecule has 1 unspecified atom stereocenters. The van der Waals surface area contributed by atoms with Gasteiger partial charge in [-0.1, -0.05) is 0 Å². The van der Waals surface area contributed by atoms with E-state index < -0.39 is 29.3 Å². The highest BCUT2D eigenvalue weighted by atomic mass is 19.2. The van der Waals surface area contributed by atoms with Gasteiger partial charge in [0.2, 0.25) is 0 Å². The van der Waals surface area contributed by atoms with Gasteiger partial charge < -0.3 is 10.5 Å². The van der Waals surface area contributed by atoms with Crippen LogP contribution in [0.3, 0.4) is 0 Å². The number of ether oxygens (including phenoxy) is 1. The molecule has 0 fully saturated rings. The van der Waals surface area contributed by atoms with E-state index in [9.17, 15) is 18.0 Å². The largest absolute Gasteiger partial charge is 0.469 e. The van der Waals surface area contributed by atoms with Crippen LogP contribution in [0.25, 0.3) is 0 Å². The van der Waals surface area contributed by atoms with E-state index in [1.165, 1.54) is 7.11 Å². The van der Waals surface area contributed by atoms with E-state index in [1.807, 2.05) is 0 Å². The van der Waals surface area contributed by atoms with Crippen molar-refractivity contribution in [3.63, 3.8) is 0 Å². The maximum Gasteiger partial charge on any atom is 0.306 e. The van der Waals surface area contributed by atoms with Gasteiger partial charge in [-0.15, -0.1) is 0 Å². The summed E-state index contributed by atoms with van der Waals surface area (Å²) in [6.07, 6.45) is -0.186. The van der Waals surface area contributed by atoms with E-state index >= 15 is 0 Å². The van der Waals surface area contributed by atoms with Crippen molar-refractivity contribution in [2.24, 2.45) is 5.73 Å².